The standard InChI is InChI=1S/C27H35N7O4S/c1-19-15-24(31-26(29-19)34-10-2-3-20(17-28)18-34)30-25(36)22-5-4-21(32-39(37,38)14-13-35)16-23(22)33-11-8-27(6-7-27)9-12-33/h4-5,15-16,20,32,35H,2-3,6-14,18H2,1H3,(H,29,30,31,36)/t20-/m0/s1. The van der Waals surface area contributed by atoms with Gasteiger partial charge in [0.2, 0.25) is 16.0 Å². The van der Waals surface area contributed by atoms with Crippen LogP contribution in [-0.2, 0) is 10.0 Å². The Balaban J connectivity index is 1.40. The summed E-state index contributed by atoms with van der Waals surface area (Å²) in [6, 6.07) is 8.92. The molecular weight excluding hydrogens is 518 g/mol. The Kier molecular flexibility index (Phi) is 7.64. The minimum atomic E-state index is -3.71. The van der Waals surface area contributed by atoms with E-state index in [2.05, 4.69) is 31.0 Å². The molecule has 3 fully saturated rings. The number of aryl methyl sites for hydroxylation is 1. The maximum atomic E-state index is 13.6. The van der Waals surface area contributed by atoms with Crippen LogP contribution in [0.4, 0.5) is 23.1 Å². The molecule has 1 aromatic carbocycles. The Morgan fingerprint density at radius 3 is 2.62 bits per heavy atom. The first-order valence-electron chi connectivity index (χ1n) is 13.5. The van der Waals surface area contributed by atoms with Crippen molar-refractivity contribution in [1.29, 1.82) is 5.26 Å². The lowest BCUT2D eigenvalue weighted by Gasteiger charge is -2.35. The van der Waals surface area contributed by atoms with E-state index >= 15 is 0 Å². The van der Waals surface area contributed by atoms with Crippen molar-refractivity contribution in [1.82, 2.24) is 9.97 Å². The fourth-order valence-electron chi connectivity index (χ4n) is 5.50. The number of amides is 1. The molecule has 208 valence electrons. The summed E-state index contributed by atoms with van der Waals surface area (Å²) in [5.74, 6) is 0.0362. The van der Waals surface area contributed by atoms with Crippen molar-refractivity contribution in [2.45, 2.75) is 45.4 Å². The van der Waals surface area contributed by atoms with Crippen LogP contribution >= 0.6 is 0 Å². The van der Waals surface area contributed by atoms with Crippen LogP contribution in [0.3, 0.4) is 0 Å². The highest BCUT2D eigenvalue weighted by Crippen LogP contribution is 2.54. The highest BCUT2D eigenvalue weighted by molar-refractivity contribution is 7.92. The van der Waals surface area contributed by atoms with Crippen molar-refractivity contribution in [3.8, 4) is 6.07 Å². The van der Waals surface area contributed by atoms with Crippen LogP contribution in [0.1, 0.15) is 54.6 Å². The summed E-state index contributed by atoms with van der Waals surface area (Å²) in [7, 11) is -3.71. The first-order valence-corrected chi connectivity index (χ1v) is 15.2. The fraction of sp³-hybridized carbons (Fsp3) is 0.556. The third kappa shape index (κ3) is 6.42. The maximum absolute atomic E-state index is 13.6. The number of carbonyl (C=O) groups excluding carboxylic acids is 1. The minimum Gasteiger partial charge on any atom is -0.395 e. The molecule has 1 aromatic heterocycles. The van der Waals surface area contributed by atoms with Gasteiger partial charge in [0.05, 0.1) is 41.3 Å². The van der Waals surface area contributed by atoms with Crippen LogP contribution in [0.25, 0.3) is 0 Å². The topological polar surface area (TPSA) is 152 Å². The number of hydrogen-bond acceptors (Lipinski definition) is 9. The average Bonchev–Trinajstić information content (AvgIpc) is 3.67. The highest BCUT2D eigenvalue weighted by Gasteiger charge is 2.44. The fourth-order valence-corrected chi connectivity index (χ4v) is 6.33. The first kappa shape index (κ1) is 27.1. The molecule has 2 aliphatic heterocycles. The summed E-state index contributed by atoms with van der Waals surface area (Å²) >= 11 is 0. The zero-order chi connectivity index (χ0) is 27.6. The lowest BCUT2D eigenvalue weighted by atomic mass is 9.93. The molecule has 2 saturated heterocycles. The monoisotopic (exact) mass is 553 g/mol. The molecule has 3 heterocycles. The van der Waals surface area contributed by atoms with Gasteiger partial charge >= 0.3 is 0 Å². The van der Waals surface area contributed by atoms with E-state index in [1.807, 2.05) is 11.8 Å². The van der Waals surface area contributed by atoms with Crippen LogP contribution in [0, 0.1) is 29.6 Å². The molecule has 12 heteroatoms. The Bertz CT molecular complexity index is 1380. The maximum Gasteiger partial charge on any atom is 0.258 e. The van der Waals surface area contributed by atoms with Crippen LogP contribution in [0.15, 0.2) is 24.3 Å². The molecule has 1 spiro atoms. The number of benzene rings is 1. The summed E-state index contributed by atoms with van der Waals surface area (Å²) in [5.41, 5.74) is 2.57. The lowest BCUT2D eigenvalue weighted by molar-refractivity contribution is 0.102. The highest BCUT2D eigenvalue weighted by atomic mass is 32.2. The van der Waals surface area contributed by atoms with Gasteiger partial charge in [-0.05, 0) is 69.1 Å². The molecule has 3 N–H and O–H groups in total. The number of nitriles is 1. The molecule has 1 atom stereocenters. The third-order valence-electron chi connectivity index (χ3n) is 7.97. The van der Waals surface area contributed by atoms with Gasteiger partial charge in [-0.15, -0.1) is 0 Å². The number of sulfonamides is 1. The number of anilines is 4. The van der Waals surface area contributed by atoms with E-state index in [0.29, 0.717) is 46.4 Å². The van der Waals surface area contributed by atoms with Gasteiger partial charge in [0.25, 0.3) is 5.91 Å². The number of hydrogen-bond donors (Lipinski definition) is 3. The minimum absolute atomic E-state index is 0.0731. The molecule has 1 amide bonds. The van der Waals surface area contributed by atoms with Crippen molar-refractivity contribution in [2.75, 3.05) is 58.4 Å². The molecule has 0 unspecified atom stereocenters. The summed E-state index contributed by atoms with van der Waals surface area (Å²) < 4.78 is 27.1. The van der Waals surface area contributed by atoms with E-state index in [1.54, 1.807) is 24.3 Å². The lowest BCUT2D eigenvalue weighted by Crippen LogP contribution is -2.36. The van der Waals surface area contributed by atoms with Gasteiger partial charge in [-0.1, -0.05) is 0 Å². The summed E-state index contributed by atoms with van der Waals surface area (Å²) in [6.45, 7) is 4.25. The second kappa shape index (κ2) is 11.0. The van der Waals surface area contributed by atoms with E-state index in [9.17, 15) is 18.5 Å². The second-order valence-electron chi connectivity index (χ2n) is 10.9. The SMILES string of the molecule is Cc1cc(NC(=O)c2ccc(NS(=O)(=O)CCO)cc2N2CCC3(CC2)CC3)nc(N2CCC[C@@H](C#N)C2)n1. The normalized spacial score (nSPS) is 20.4. The smallest absolute Gasteiger partial charge is 0.258 e. The zero-order valence-corrected chi connectivity index (χ0v) is 23.0. The third-order valence-corrected chi connectivity index (χ3v) is 9.24. The number of nitrogens with zero attached hydrogens (tertiary/aromatic N) is 5. The molecule has 0 bridgehead atoms. The van der Waals surface area contributed by atoms with E-state index in [4.69, 9.17) is 5.11 Å². The Hall–Kier alpha value is -3.43. The molecule has 1 aliphatic carbocycles. The van der Waals surface area contributed by atoms with E-state index < -0.39 is 22.4 Å². The van der Waals surface area contributed by atoms with Crippen molar-refractivity contribution < 1.29 is 18.3 Å². The van der Waals surface area contributed by atoms with Crippen LogP contribution in [0.5, 0.6) is 0 Å². The van der Waals surface area contributed by atoms with Crippen molar-refractivity contribution in [3.05, 3.63) is 35.5 Å². The van der Waals surface area contributed by atoms with Gasteiger partial charge in [0, 0.05) is 37.9 Å². The Morgan fingerprint density at radius 1 is 1.15 bits per heavy atom. The molecule has 5 rings (SSSR count). The van der Waals surface area contributed by atoms with E-state index in [0.717, 1.165) is 45.3 Å². The average molecular weight is 554 g/mol. The molecule has 39 heavy (non-hydrogen) atoms. The molecule has 11 nitrogen and oxygen atoms in total. The summed E-state index contributed by atoms with van der Waals surface area (Å²) in [4.78, 5) is 26.9. The van der Waals surface area contributed by atoms with Gasteiger partial charge in [0.1, 0.15) is 5.82 Å². The summed E-state index contributed by atoms with van der Waals surface area (Å²) in [6.07, 6.45) is 6.32. The largest absolute Gasteiger partial charge is 0.395 e. The van der Waals surface area contributed by atoms with Crippen LogP contribution < -0.4 is 19.8 Å². The van der Waals surface area contributed by atoms with Crippen molar-refractivity contribution in [3.63, 3.8) is 0 Å². The predicted octanol–water partition coefficient (Wildman–Crippen LogP) is 2.89. The zero-order valence-electron chi connectivity index (χ0n) is 22.2. The number of piperidine rings is 2. The van der Waals surface area contributed by atoms with Gasteiger partial charge < -0.3 is 20.2 Å². The predicted molar refractivity (Wildman–Crippen MR) is 149 cm³/mol. The van der Waals surface area contributed by atoms with Crippen LogP contribution in [-0.4, -0.2) is 67.9 Å². The van der Waals surface area contributed by atoms with Crippen molar-refractivity contribution in [2.24, 2.45) is 11.3 Å². The number of carbonyl (C=O) groups is 1. The molecule has 1 saturated carbocycles. The number of aromatic nitrogens is 2. The molecule has 0 radical (unpaired) electrons. The molecular formula is C27H35N7O4S. The molecule has 3 aliphatic rings. The molecule has 2 aromatic rings. The van der Waals surface area contributed by atoms with Gasteiger partial charge in [-0.3, -0.25) is 9.52 Å². The van der Waals surface area contributed by atoms with E-state index in [1.165, 1.54) is 12.8 Å². The second-order valence-corrected chi connectivity index (χ2v) is 12.8. The van der Waals surface area contributed by atoms with E-state index in [-0.39, 0.29) is 11.8 Å². The first-order chi connectivity index (χ1) is 18.7. The Morgan fingerprint density at radius 2 is 1.92 bits per heavy atom. The number of aliphatic hydroxyl groups is 1. The quantitative estimate of drug-likeness (QED) is 0.448. The Labute approximate surface area is 229 Å². The van der Waals surface area contributed by atoms with Gasteiger partial charge in [0.15, 0.2) is 0 Å². The number of rotatable bonds is 8. The summed E-state index contributed by atoms with van der Waals surface area (Å²) in [5, 5.41) is 21.4. The number of nitrogens with one attached hydrogen (secondary N) is 2. The van der Waals surface area contributed by atoms with Crippen molar-refractivity contribution >= 4 is 39.1 Å². The number of aliphatic hydroxyl groups excluding tert-OH is 1. The van der Waals surface area contributed by atoms with Gasteiger partial charge in [-0.25, -0.2) is 13.4 Å². The van der Waals surface area contributed by atoms with Crippen LogP contribution in [0.2, 0.25) is 0 Å². The van der Waals surface area contributed by atoms with Gasteiger partial charge in [-0.2, -0.15) is 10.2 Å².